The summed E-state index contributed by atoms with van der Waals surface area (Å²) in [4.78, 5) is 3.50. The third-order valence-electron chi connectivity index (χ3n) is 3.42. The van der Waals surface area contributed by atoms with Gasteiger partial charge in [0.25, 0.3) is 0 Å². The van der Waals surface area contributed by atoms with Crippen LogP contribution < -0.4 is 10.2 Å². The first-order chi connectivity index (χ1) is 10.0. The summed E-state index contributed by atoms with van der Waals surface area (Å²) in [7, 11) is 2.10. The molecule has 0 aliphatic heterocycles. The van der Waals surface area contributed by atoms with Gasteiger partial charge in [-0.2, -0.15) is 0 Å². The molecule has 2 nitrogen and oxygen atoms in total. The maximum atomic E-state index is 5.99. The van der Waals surface area contributed by atoms with Gasteiger partial charge in [-0.1, -0.05) is 40.5 Å². The maximum absolute atomic E-state index is 5.99. The van der Waals surface area contributed by atoms with Crippen molar-refractivity contribution in [1.29, 1.82) is 0 Å². The van der Waals surface area contributed by atoms with Crippen molar-refractivity contribution in [3.05, 3.63) is 49.6 Å². The van der Waals surface area contributed by atoms with E-state index in [0.29, 0.717) is 6.04 Å². The predicted molar refractivity (Wildman–Crippen MR) is 97.7 cm³/mol. The Morgan fingerprint density at radius 1 is 1.33 bits per heavy atom. The lowest BCUT2D eigenvalue weighted by Crippen LogP contribution is -2.19. The monoisotopic (exact) mass is 386 g/mol. The molecule has 2 rings (SSSR count). The molecule has 0 saturated heterocycles. The minimum Gasteiger partial charge on any atom is -0.369 e. The highest BCUT2D eigenvalue weighted by Gasteiger charge is 2.11. The quantitative estimate of drug-likeness (QED) is 0.707. The van der Waals surface area contributed by atoms with Crippen molar-refractivity contribution >= 4 is 44.6 Å². The van der Waals surface area contributed by atoms with E-state index in [2.05, 4.69) is 71.3 Å². The van der Waals surface area contributed by atoms with Crippen LogP contribution in [0.4, 0.5) is 5.69 Å². The number of hydrogen-bond donors (Lipinski definition) is 1. The minimum atomic E-state index is 0.347. The molecule has 1 heterocycles. The molecule has 21 heavy (non-hydrogen) atoms. The van der Waals surface area contributed by atoms with Gasteiger partial charge in [0.15, 0.2) is 0 Å². The van der Waals surface area contributed by atoms with E-state index in [1.54, 1.807) is 11.3 Å². The molecule has 1 atom stereocenters. The largest absolute Gasteiger partial charge is 0.369 e. The molecular formula is C16H20BrClN2S. The maximum Gasteiger partial charge on any atom is 0.0931 e. The van der Waals surface area contributed by atoms with Gasteiger partial charge >= 0.3 is 0 Å². The zero-order valence-corrected chi connectivity index (χ0v) is 15.6. The fourth-order valence-corrected chi connectivity index (χ4v) is 4.13. The Morgan fingerprint density at radius 2 is 2.10 bits per heavy atom. The number of nitrogens with zero attached hydrogens (tertiary/aromatic N) is 1. The smallest absolute Gasteiger partial charge is 0.0931 e. The Kier molecular flexibility index (Phi) is 6.11. The number of halogens is 2. The molecule has 0 aliphatic rings. The van der Waals surface area contributed by atoms with E-state index in [9.17, 15) is 0 Å². The van der Waals surface area contributed by atoms with Gasteiger partial charge in [0, 0.05) is 28.1 Å². The van der Waals surface area contributed by atoms with E-state index < -0.39 is 0 Å². The fourth-order valence-electron chi connectivity index (χ4n) is 2.28. The molecule has 0 aliphatic carbocycles. The summed E-state index contributed by atoms with van der Waals surface area (Å²) in [6, 6.07) is 10.9. The van der Waals surface area contributed by atoms with Gasteiger partial charge in [-0.25, -0.2) is 0 Å². The van der Waals surface area contributed by atoms with Crippen molar-refractivity contribution in [2.24, 2.45) is 0 Å². The van der Waals surface area contributed by atoms with Gasteiger partial charge in [0.05, 0.1) is 10.9 Å². The van der Waals surface area contributed by atoms with Crippen molar-refractivity contribution in [2.45, 2.75) is 26.4 Å². The van der Waals surface area contributed by atoms with Crippen LogP contribution in [-0.4, -0.2) is 13.6 Å². The number of thiophene rings is 1. The molecule has 114 valence electrons. The second-order valence-electron chi connectivity index (χ2n) is 5.05. The summed E-state index contributed by atoms with van der Waals surface area (Å²) in [6.07, 6.45) is 0. The minimum absolute atomic E-state index is 0.347. The molecule has 0 saturated carbocycles. The summed E-state index contributed by atoms with van der Waals surface area (Å²) in [5.74, 6) is 0. The number of rotatable bonds is 6. The molecule has 0 spiro atoms. The third-order valence-corrected chi connectivity index (χ3v) is 5.33. The van der Waals surface area contributed by atoms with Crippen LogP contribution in [0.15, 0.2) is 34.8 Å². The Bertz CT molecular complexity index is 600. The van der Waals surface area contributed by atoms with Crippen LogP contribution in [0.1, 0.15) is 30.3 Å². The van der Waals surface area contributed by atoms with Crippen molar-refractivity contribution < 1.29 is 0 Å². The van der Waals surface area contributed by atoms with E-state index in [1.807, 2.05) is 6.07 Å². The van der Waals surface area contributed by atoms with E-state index in [-0.39, 0.29) is 0 Å². The van der Waals surface area contributed by atoms with E-state index >= 15 is 0 Å². The Hall–Kier alpha value is -0.550. The van der Waals surface area contributed by atoms with Gasteiger partial charge in [-0.3, -0.25) is 0 Å². The third kappa shape index (κ3) is 4.46. The normalized spacial score (nSPS) is 12.4. The van der Waals surface area contributed by atoms with Crippen molar-refractivity contribution in [3.63, 3.8) is 0 Å². The summed E-state index contributed by atoms with van der Waals surface area (Å²) >= 11 is 11.3. The van der Waals surface area contributed by atoms with Crippen LogP contribution in [0.25, 0.3) is 0 Å². The van der Waals surface area contributed by atoms with Crippen molar-refractivity contribution in [1.82, 2.24) is 5.32 Å². The number of nitrogens with one attached hydrogen (secondary N) is 1. The van der Waals surface area contributed by atoms with Crippen LogP contribution in [0.2, 0.25) is 4.34 Å². The SMILES string of the molecule is CCNC(C)c1ccc(N(C)Cc2ccc(Cl)s2)cc1Br. The first-order valence-electron chi connectivity index (χ1n) is 6.99. The summed E-state index contributed by atoms with van der Waals surface area (Å²) < 4.78 is 1.99. The van der Waals surface area contributed by atoms with E-state index in [0.717, 1.165) is 21.9 Å². The lowest BCUT2D eigenvalue weighted by molar-refractivity contribution is 0.596. The summed E-state index contributed by atoms with van der Waals surface area (Å²) in [5.41, 5.74) is 2.48. The lowest BCUT2D eigenvalue weighted by Gasteiger charge is -2.21. The van der Waals surface area contributed by atoms with Crippen LogP contribution in [-0.2, 0) is 6.54 Å². The molecule has 2 aromatic rings. The Labute approximate surface area is 144 Å². The predicted octanol–water partition coefficient (Wildman–Crippen LogP) is 5.47. The van der Waals surface area contributed by atoms with Gasteiger partial charge in [-0.05, 0) is 43.3 Å². The zero-order chi connectivity index (χ0) is 15.4. The first kappa shape index (κ1) is 16.8. The van der Waals surface area contributed by atoms with Gasteiger partial charge in [-0.15, -0.1) is 11.3 Å². The molecule has 0 fully saturated rings. The average molecular weight is 388 g/mol. The molecule has 0 amide bonds. The Morgan fingerprint density at radius 3 is 2.67 bits per heavy atom. The number of hydrogen-bond acceptors (Lipinski definition) is 3. The average Bonchev–Trinajstić information content (AvgIpc) is 2.84. The molecule has 1 aromatic heterocycles. The molecule has 5 heteroatoms. The van der Waals surface area contributed by atoms with E-state index in [4.69, 9.17) is 11.6 Å². The van der Waals surface area contributed by atoms with Gasteiger partial charge < -0.3 is 10.2 Å². The second-order valence-corrected chi connectivity index (χ2v) is 7.70. The second kappa shape index (κ2) is 7.63. The van der Waals surface area contributed by atoms with Crippen LogP contribution in [0.5, 0.6) is 0 Å². The molecule has 0 radical (unpaired) electrons. The summed E-state index contributed by atoms with van der Waals surface area (Å²) in [6.45, 7) is 6.14. The molecule has 1 unspecified atom stereocenters. The number of benzene rings is 1. The molecule has 0 bridgehead atoms. The van der Waals surface area contributed by atoms with E-state index in [1.165, 1.54) is 16.1 Å². The highest BCUT2D eigenvalue weighted by atomic mass is 79.9. The fraction of sp³-hybridized carbons (Fsp3) is 0.375. The van der Waals surface area contributed by atoms with Crippen molar-refractivity contribution in [2.75, 3.05) is 18.5 Å². The molecule has 1 aromatic carbocycles. The van der Waals surface area contributed by atoms with Crippen molar-refractivity contribution in [3.8, 4) is 0 Å². The molecular weight excluding hydrogens is 368 g/mol. The zero-order valence-electron chi connectivity index (χ0n) is 12.5. The highest BCUT2D eigenvalue weighted by molar-refractivity contribution is 9.10. The first-order valence-corrected chi connectivity index (χ1v) is 8.98. The van der Waals surface area contributed by atoms with Crippen LogP contribution in [0, 0.1) is 0 Å². The van der Waals surface area contributed by atoms with Crippen LogP contribution in [0.3, 0.4) is 0 Å². The van der Waals surface area contributed by atoms with Gasteiger partial charge in [0.2, 0.25) is 0 Å². The standard InChI is InChI=1S/C16H20BrClN2S/c1-4-19-11(2)14-7-5-12(9-15(14)17)20(3)10-13-6-8-16(18)21-13/h5-9,11,19H,4,10H2,1-3H3. The van der Waals surface area contributed by atoms with Gasteiger partial charge in [0.1, 0.15) is 0 Å². The highest BCUT2D eigenvalue weighted by Crippen LogP contribution is 2.29. The van der Waals surface area contributed by atoms with Crippen LogP contribution >= 0.6 is 38.9 Å². The lowest BCUT2D eigenvalue weighted by atomic mass is 10.1. The summed E-state index contributed by atoms with van der Waals surface area (Å²) in [5, 5.41) is 3.44. The number of anilines is 1. The topological polar surface area (TPSA) is 15.3 Å². The molecule has 1 N–H and O–H groups in total. The Balaban J connectivity index is 2.11.